The second-order valence-corrected chi connectivity index (χ2v) is 7.28. The Balaban J connectivity index is 1.96. The predicted octanol–water partition coefficient (Wildman–Crippen LogP) is 3.68. The van der Waals surface area contributed by atoms with E-state index in [1.807, 2.05) is 36.4 Å². The molecule has 0 aliphatic carbocycles. The van der Waals surface area contributed by atoms with Crippen molar-refractivity contribution >= 4 is 15.4 Å². The number of allylic oxidation sites excluding steroid dienone is 1. The van der Waals surface area contributed by atoms with Crippen LogP contribution >= 0.6 is 0 Å². The molecule has 0 saturated heterocycles. The highest BCUT2D eigenvalue weighted by atomic mass is 32.2. The van der Waals surface area contributed by atoms with E-state index in [-0.39, 0.29) is 5.75 Å². The van der Waals surface area contributed by atoms with Crippen LogP contribution in [-0.4, -0.2) is 20.8 Å². The molecular formula is C18H18O3S. The van der Waals surface area contributed by atoms with Gasteiger partial charge in [0, 0.05) is 0 Å². The standard InChI is InChI=1S/C18H18O3S/c19-22(20,16-10-5-2-6-11-16)14-18-17(12-7-13-21-18)15-8-3-1-4-9-15/h1-6,8-11H,7,12-14H2. The van der Waals surface area contributed by atoms with Crippen LogP contribution in [0.3, 0.4) is 0 Å². The summed E-state index contributed by atoms with van der Waals surface area (Å²) in [4.78, 5) is 0.337. The van der Waals surface area contributed by atoms with Gasteiger partial charge in [-0.1, -0.05) is 48.5 Å². The number of benzene rings is 2. The monoisotopic (exact) mass is 314 g/mol. The lowest BCUT2D eigenvalue weighted by atomic mass is 9.99. The van der Waals surface area contributed by atoms with Crippen LogP contribution in [0.5, 0.6) is 0 Å². The SMILES string of the molecule is O=S(=O)(CC1=C(c2ccccc2)CCCO1)c1ccccc1. The average molecular weight is 314 g/mol. The minimum absolute atomic E-state index is 0.0821. The van der Waals surface area contributed by atoms with Crippen molar-refractivity contribution < 1.29 is 13.2 Å². The molecule has 0 atom stereocenters. The molecule has 0 unspecified atom stereocenters. The van der Waals surface area contributed by atoms with E-state index in [1.54, 1.807) is 24.3 Å². The zero-order valence-electron chi connectivity index (χ0n) is 12.2. The Kier molecular flexibility index (Phi) is 4.29. The van der Waals surface area contributed by atoms with E-state index in [1.165, 1.54) is 0 Å². The molecule has 3 rings (SSSR count). The smallest absolute Gasteiger partial charge is 0.185 e. The third kappa shape index (κ3) is 3.22. The normalized spacial score (nSPS) is 15.5. The molecule has 2 aromatic carbocycles. The second kappa shape index (κ2) is 6.36. The summed E-state index contributed by atoms with van der Waals surface area (Å²) < 4.78 is 30.8. The molecule has 3 nitrogen and oxygen atoms in total. The molecule has 0 radical (unpaired) electrons. The first-order valence-corrected chi connectivity index (χ1v) is 9.00. The number of ether oxygens (including phenoxy) is 1. The maximum Gasteiger partial charge on any atom is 0.185 e. The average Bonchev–Trinajstić information content (AvgIpc) is 2.57. The van der Waals surface area contributed by atoms with Gasteiger partial charge in [-0.3, -0.25) is 0 Å². The van der Waals surface area contributed by atoms with Gasteiger partial charge >= 0.3 is 0 Å². The van der Waals surface area contributed by atoms with Gasteiger partial charge in [-0.15, -0.1) is 0 Å². The van der Waals surface area contributed by atoms with Gasteiger partial charge in [-0.25, -0.2) is 8.42 Å². The van der Waals surface area contributed by atoms with E-state index in [0.29, 0.717) is 17.3 Å². The molecule has 0 amide bonds. The van der Waals surface area contributed by atoms with Crippen molar-refractivity contribution in [1.82, 2.24) is 0 Å². The highest BCUT2D eigenvalue weighted by Gasteiger charge is 2.23. The molecule has 0 saturated carbocycles. The van der Waals surface area contributed by atoms with Gasteiger partial charge in [0.15, 0.2) is 9.84 Å². The van der Waals surface area contributed by atoms with Gasteiger partial charge in [0.2, 0.25) is 0 Å². The molecule has 4 heteroatoms. The lowest BCUT2D eigenvalue weighted by molar-refractivity contribution is 0.201. The van der Waals surface area contributed by atoms with E-state index in [2.05, 4.69) is 0 Å². The van der Waals surface area contributed by atoms with Crippen molar-refractivity contribution in [2.75, 3.05) is 12.4 Å². The predicted molar refractivity (Wildman–Crippen MR) is 87.0 cm³/mol. The van der Waals surface area contributed by atoms with Crippen molar-refractivity contribution in [3.05, 3.63) is 72.0 Å². The first-order chi connectivity index (χ1) is 10.7. The van der Waals surface area contributed by atoms with Gasteiger partial charge in [-0.05, 0) is 36.1 Å². The Labute approximate surface area is 131 Å². The Bertz CT molecular complexity index is 762. The van der Waals surface area contributed by atoms with Crippen LogP contribution in [0.1, 0.15) is 18.4 Å². The highest BCUT2D eigenvalue weighted by molar-refractivity contribution is 7.91. The summed E-state index contributed by atoms with van der Waals surface area (Å²) in [5.41, 5.74) is 2.05. The summed E-state index contributed by atoms with van der Waals surface area (Å²) in [6, 6.07) is 18.4. The zero-order valence-corrected chi connectivity index (χ0v) is 13.1. The zero-order chi connectivity index (χ0) is 15.4. The molecule has 114 valence electrons. The summed E-state index contributed by atoms with van der Waals surface area (Å²) in [5, 5.41) is 0. The molecule has 1 aliphatic heterocycles. The van der Waals surface area contributed by atoms with Crippen LogP contribution < -0.4 is 0 Å². The van der Waals surface area contributed by atoms with Crippen molar-refractivity contribution in [1.29, 1.82) is 0 Å². The number of hydrogen-bond donors (Lipinski definition) is 0. The van der Waals surface area contributed by atoms with Crippen LogP contribution in [0.15, 0.2) is 71.3 Å². The fraction of sp³-hybridized carbons (Fsp3) is 0.222. The number of hydrogen-bond acceptors (Lipinski definition) is 3. The van der Waals surface area contributed by atoms with Gasteiger partial charge in [0.1, 0.15) is 11.5 Å². The highest BCUT2D eigenvalue weighted by Crippen LogP contribution is 2.30. The lowest BCUT2D eigenvalue weighted by Crippen LogP contribution is -2.16. The van der Waals surface area contributed by atoms with Gasteiger partial charge < -0.3 is 4.74 Å². The van der Waals surface area contributed by atoms with E-state index in [0.717, 1.165) is 24.0 Å². The Morgan fingerprint density at radius 2 is 1.55 bits per heavy atom. The number of rotatable bonds is 4. The summed E-state index contributed by atoms with van der Waals surface area (Å²) >= 11 is 0. The van der Waals surface area contributed by atoms with Crippen LogP contribution in [0.4, 0.5) is 0 Å². The van der Waals surface area contributed by atoms with Crippen molar-refractivity contribution in [3.63, 3.8) is 0 Å². The fourth-order valence-electron chi connectivity index (χ4n) is 2.63. The van der Waals surface area contributed by atoms with Crippen LogP contribution in [-0.2, 0) is 14.6 Å². The summed E-state index contributed by atoms with van der Waals surface area (Å²) in [7, 11) is -3.38. The van der Waals surface area contributed by atoms with Gasteiger partial charge in [-0.2, -0.15) is 0 Å². The molecule has 0 fully saturated rings. The Morgan fingerprint density at radius 3 is 2.23 bits per heavy atom. The van der Waals surface area contributed by atoms with Crippen molar-refractivity contribution in [2.45, 2.75) is 17.7 Å². The van der Waals surface area contributed by atoms with Gasteiger partial charge in [0.25, 0.3) is 0 Å². The molecular weight excluding hydrogens is 296 g/mol. The van der Waals surface area contributed by atoms with E-state index >= 15 is 0 Å². The molecule has 1 aliphatic rings. The number of sulfone groups is 1. The molecule has 0 spiro atoms. The van der Waals surface area contributed by atoms with E-state index in [9.17, 15) is 8.42 Å². The third-order valence-corrected chi connectivity index (χ3v) is 5.36. The van der Waals surface area contributed by atoms with E-state index < -0.39 is 9.84 Å². The fourth-order valence-corrected chi connectivity index (χ4v) is 3.97. The summed E-state index contributed by atoms with van der Waals surface area (Å²) in [6.45, 7) is 0.579. The third-order valence-electron chi connectivity index (χ3n) is 3.73. The first-order valence-electron chi connectivity index (χ1n) is 7.35. The lowest BCUT2D eigenvalue weighted by Gasteiger charge is -2.22. The molecule has 0 bridgehead atoms. The summed E-state index contributed by atoms with van der Waals surface area (Å²) in [6.07, 6.45) is 1.77. The maximum atomic E-state index is 12.6. The first kappa shape index (κ1) is 14.9. The maximum absolute atomic E-state index is 12.6. The Morgan fingerprint density at radius 1 is 0.909 bits per heavy atom. The summed E-state index contributed by atoms with van der Waals surface area (Å²) in [5.74, 6) is 0.502. The minimum Gasteiger partial charge on any atom is -0.497 e. The molecule has 22 heavy (non-hydrogen) atoms. The van der Waals surface area contributed by atoms with Crippen LogP contribution in [0, 0.1) is 0 Å². The largest absolute Gasteiger partial charge is 0.497 e. The van der Waals surface area contributed by atoms with Crippen molar-refractivity contribution in [3.8, 4) is 0 Å². The molecule has 0 N–H and O–H groups in total. The van der Waals surface area contributed by atoms with Crippen LogP contribution in [0.2, 0.25) is 0 Å². The minimum atomic E-state index is -3.38. The van der Waals surface area contributed by atoms with Crippen LogP contribution in [0.25, 0.3) is 5.57 Å². The van der Waals surface area contributed by atoms with Crippen molar-refractivity contribution in [2.24, 2.45) is 0 Å². The second-order valence-electron chi connectivity index (χ2n) is 5.29. The molecule has 2 aromatic rings. The van der Waals surface area contributed by atoms with E-state index in [4.69, 9.17) is 4.74 Å². The van der Waals surface area contributed by atoms with Gasteiger partial charge in [0.05, 0.1) is 11.5 Å². The molecule has 0 aromatic heterocycles. The quantitative estimate of drug-likeness (QED) is 0.864. The Hall–Kier alpha value is -2.07. The molecule has 1 heterocycles. The topological polar surface area (TPSA) is 43.4 Å².